The molecule has 2 nitrogen and oxygen atoms in total. The molecular formula is C11H24N2. The topological polar surface area (TPSA) is 38.0 Å². The maximum Gasteiger partial charge on any atom is 0.00103 e. The number of nitrogens with one attached hydrogen (secondary N) is 1. The van der Waals surface area contributed by atoms with Crippen LogP contribution in [0.1, 0.15) is 46.0 Å². The average Bonchev–Trinajstić information content (AvgIpc) is 1.99. The number of rotatable bonds is 6. The molecular weight excluding hydrogens is 160 g/mol. The Labute approximate surface area is 82.3 Å². The summed E-state index contributed by atoms with van der Waals surface area (Å²) in [4.78, 5) is 0. The van der Waals surface area contributed by atoms with Crippen molar-refractivity contribution in [1.29, 1.82) is 0 Å². The third-order valence-electron chi connectivity index (χ3n) is 3.30. The molecule has 3 N–H and O–H groups in total. The van der Waals surface area contributed by atoms with E-state index in [0.29, 0.717) is 11.5 Å². The maximum absolute atomic E-state index is 5.64. The highest BCUT2D eigenvalue weighted by Crippen LogP contribution is 2.46. The number of hydrogen-bond donors (Lipinski definition) is 2. The summed E-state index contributed by atoms with van der Waals surface area (Å²) in [5.41, 5.74) is 6.26. The second kappa shape index (κ2) is 4.97. The van der Waals surface area contributed by atoms with Crippen LogP contribution in [0.5, 0.6) is 0 Å². The first kappa shape index (κ1) is 11.0. The third-order valence-corrected chi connectivity index (χ3v) is 3.30. The van der Waals surface area contributed by atoms with Gasteiger partial charge in [0.2, 0.25) is 0 Å². The highest BCUT2D eigenvalue weighted by Gasteiger charge is 2.35. The van der Waals surface area contributed by atoms with Gasteiger partial charge in [0.05, 0.1) is 0 Å². The van der Waals surface area contributed by atoms with Crippen molar-refractivity contribution in [3.05, 3.63) is 0 Å². The molecule has 0 bridgehead atoms. The van der Waals surface area contributed by atoms with Gasteiger partial charge in [-0.2, -0.15) is 0 Å². The van der Waals surface area contributed by atoms with Gasteiger partial charge in [0, 0.05) is 6.04 Å². The lowest BCUT2D eigenvalue weighted by Gasteiger charge is -2.42. The van der Waals surface area contributed by atoms with Crippen LogP contribution in [0.15, 0.2) is 0 Å². The molecule has 13 heavy (non-hydrogen) atoms. The summed E-state index contributed by atoms with van der Waals surface area (Å²) >= 11 is 0. The Kier molecular flexibility index (Phi) is 4.20. The summed E-state index contributed by atoms with van der Waals surface area (Å²) in [6.07, 6.45) is 6.78. The van der Waals surface area contributed by atoms with E-state index in [0.717, 1.165) is 13.1 Å². The Morgan fingerprint density at radius 2 is 2.00 bits per heavy atom. The first-order chi connectivity index (χ1) is 6.18. The minimum absolute atomic E-state index is 0.620. The Balaban J connectivity index is 2.16. The van der Waals surface area contributed by atoms with Crippen LogP contribution in [-0.2, 0) is 0 Å². The molecule has 1 aliphatic rings. The van der Waals surface area contributed by atoms with Crippen LogP contribution in [0.4, 0.5) is 0 Å². The molecule has 1 fully saturated rings. The summed E-state index contributed by atoms with van der Waals surface area (Å²) in [5.74, 6) is 0. The van der Waals surface area contributed by atoms with Gasteiger partial charge < -0.3 is 11.1 Å². The minimum atomic E-state index is 0.620. The molecule has 0 saturated heterocycles. The van der Waals surface area contributed by atoms with Gasteiger partial charge >= 0.3 is 0 Å². The largest absolute Gasteiger partial charge is 0.330 e. The van der Waals surface area contributed by atoms with E-state index in [1.54, 1.807) is 0 Å². The van der Waals surface area contributed by atoms with Crippen molar-refractivity contribution in [1.82, 2.24) is 5.32 Å². The van der Waals surface area contributed by atoms with Crippen molar-refractivity contribution >= 4 is 0 Å². The number of hydrogen-bond acceptors (Lipinski definition) is 2. The molecule has 0 spiro atoms. The van der Waals surface area contributed by atoms with E-state index < -0.39 is 0 Å². The molecule has 0 aromatic rings. The highest BCUT2D eigenvalue weighted by atomic mass is 14.9. The zero-order valence-corrected chi connectivity index (χ0v) is 9.10. The first-order valence-corrected chi connectivity index (χ1v) is 5.62. The van der Waals surface area contributed by atoms with Crippen molar-refractivity contribution in [2.24, 2.45) is 11.1 Å². The quantitative estimate of drug-likeness (QED) is 0.661. The average molecular weight is 184 g/mol. The molecule has 78 valence electrons. The van der Waals surface area contributed by atoms with Gasteiger partial charge in [0.25, 0.3) is 0 Å². The van der Waals surface area contributed by atoms with Gasteiger partial charge in [-0.3, -0.25) is 0 Å². The van der Waals surface area contributed by atoms with Crippen LogP contribution in [0.2, 0.25) is 0 Å². The van der Waals surface area contributed by atoms with E-state index in [1.807, 2.05) is 0 Å². The molecule has 0 aromatic heterocycles. The van der Waals surface area contributed by atoms with Crippen LogP contribution < -0.4 is 11.1 Å². The van der Waals surface area contributed by atoms with Crippen molar-refractivity contribution < 1.29 is 0 Å². The third kappa shape index (κ3) is 3.28. The van der Waals surface area contributed by atoms with Crippen LogP contribution in [0.25, 0.3) is 0 Å². The fraction of sp³-hybridized carbons (Fsp3) is 1.00. The molecule has 0 heterocycles. The van der Waals surface area contributed by atoms with Gasteiger partial charge in [-0.25, -0.2) is 0 Å². The summed E-state index contributed by atoms with van der Waals surface area (Å²) in [5, 5.41) is 3.49. The Morgan fingerprint density at radius 3 is 2.38 bits per heavy atom. The Morgan fingerprint density at radius 1 is 1.31 bits per heavy atom. The lowest BCUT2D eigenvalue weighted by atomic mass is 9.64. The predicted octanol–water partition coefficient (Wildman–Crippen LogP) is 1.89. The lowest BCUT2D eigenvalue weighted by molar-refractivity contribution is 0.109. The van der Waals surface area contributed by atoms with E-state index in [1.165, 1.54) is 32.1 Å². The van der Waals surface area contributed by atoms with E-state index in [4.69, 9.17) is 5.73 Å². The van der Waals surface area contributed by atoms with Gasteiger partial charge in [-0.15, -0.1) is 0 Å². The normalized spacial score (nSPS) is 20.3. The van der Waals surface area contributed by atoms with Crippen molar-refractivity contribution in [2.75, 3.05) is 13.1 Å². The predicted molar refractivity (Wildman–Crippen MR) is 57.7 cm³/mol. The zero-order valence-electron chi connectivity index (χ0n) is 9.10. The summed E-state index contributed by atoms with van der Waals surface area (Å²) in [7, 11) is 0. The van der Waals surface area contributed by atoms with Crippen molar-refractivity contribution in [3.8, 4) is 0 Å². The van der Waals surface area contributed by atoms with Crippen molar-refractivity contribution in [3.63, 3.8) is 0 Å². The molecule has 0 aromatic carbocycles. The fourth-order valence-corrected chi connectivity index (χ4v) is 2.23. The minimum Gasteiger partial charge on any atom is -0.330 e. The van der Waals surface area contributed by atoms with Crippen LogP contribution in [-0.4, -0.2) is 19.1 Å². The van der Waals surface area contributed by atoms with Gasteiger partial charge in [0.15, 0.2) is 0 Å². The fourth-order valence-electron chi connectivity index (χ4n) is 2.23. The second-order valence-electron chi connectivity index (χ2n) is 4.75. The van der Waals surface area contributed by atoms with Crippen LogP contribution in [0, 0.1) is 5.41 Å². The highest BCUT2D eigenvalue weighted by molar-refractivity contribution is 4.88. The first-order valence-electron chi connectivity index (χ1n) is 5.62. The summed E-state index contributed by atoms with van der Waals surface area (Å²) < 4.78 is 0. The molecule has 0 radical (unpaired) electrons. The summed E-state index contributed by atoms with van der Waals surface area (Å²) in [6, 6.07) is 0.620. The molecule has 1 aliphatic carbocycles. The molecule has 1 saturated carbocycles. The van der Waals surface area contributed by atoms with E-state index in [9.17, 15) is 0 Å². The maximum atomic E-state index is 5.64. The van der Waals surface area contributed by atoms with E-state index in [2.05, 4.69) is 19.2 Å². The van der Waals surface area contributed by atoms with E-state index >= 15 is 0 Å². The van der Waals surface area contributed by atoms with Gasteiger partial charge in [0.1, 0.15) is 0 Å². The SMILES string of the molecule is CC(C)NCCC1(CCN)CCC1. The molecule has 0 amide bonds. The zero-order chi connectivity index (χ0) is 9.73. The monoisotopic (exact) mass is 184 g/mol. The van der Waals surface area contributed by atoms with Gasteiger partial charge in [-0.1, -0.05) is 20.3 Å². The smallest absolute Gasteiger partial charge is 0.00103 e. The van der Waals surface area contributed by atoms with Crippen molar-refractivity contribution in [2.45, 2.75) is 52.0 Å². The second-order valence-corrected chi connectivity index (χ2v) is 4.75. The van der Waals surface area contributed by atoms with E-state index in [-0.39, 0.29) is 0 Å². The Hall–Kier alpha value is -0.0800. The van der Waals surface area contributed by atoms with Crippen LogP contribution >= 0.6 is 0 Å². The molecule has 0 aliphatic heterocycles. The Bertz CT molecular complexity index is 139. The number of nitrogens with two attached hydrogens (primary N) is 1. The van der Waals surface area contributed by atoms with Gasteiger partial charge in [-0.05, 0) is 44.2 Å². The standard InChI is InChI=1S/C11H24N2/c1-10(2)13-9-7-11(6-8-12)4-3-5-11/h10,13H,3-9,12H2,1-2H3. The molecule has 2 heteroatoms. The molecule has 0 atom stereocenters. The molecule has 0 unspecified atom stereocenters. The lowest BCUT2D eigenvalue weighted by Crippen LogP contribution is -2.36. The van der Waals surface area contributed by atoms with Crippen LogP contribution in [0.3, 0.4) is 0 Å². The summed E-state index contributed by atoms with van der Waals surface area (Å²) in [6.45, 7) is 6.44. The molecule has 1 rings (SSSR count).